The molecule has 1 heterocycles. The number of rotatable bonds is 0. The van der Waals surface area contributed by atoms with Crippen molar-refractivity contribution < 1.29 is 10.3 Å². The highest BCUT2D eigenvalue weighted by atomic mass is 16.1. The van der Waals surface area contributed by atoms with E-state index in [4.69, 9.17) is 5.84 Å². The maximum atomic E-state index is 10.5. The molecule has 1 rings (SSSR count). The Morgan fingerprint density at radius 3 is 2.11 bits per heavy atom. The van der Waals surface area contributed by atoms with Gasteiger partial charge in [0.25, 0.3) is 0 Å². The first-order valence-corrected chi connectivity index (χ1v) is 2.80. The molecule has 0 unspecified atom stereocenters. The zero-order valence-corrected chi connectivity index (χ0v) is 5.26. The summed E-state index contributed by atoms with van der Waals surface area (Å²) in [6.45, 7) is 1.47. The van der Waals surface area contributed by atoms with Crippen molar-refractivity contribution in [2.24, 2.45) is 5.84 Å². The van der Waals surface area contributed by atoms with Crippen LogP contribution in [0.15, 0.2) is 0 Å². The van der Waals surface area contributed by atoms with Crippen LogP contribution in [0.2, 0.25) is 0 Å². The van der Waals surface area contributed by atoms with Gasteiger partial charge in [-0.2, -0.15) is 0 Å². The zero-order chi connectivity index (χ0) is 5.98. The maximum Gasteiger partial charge on any atom is 0.135 e. The summed E-state index contributed by atoms with van der Waals surface area (Å²) in [6, 6.07) is 0. The summed E-state index contributed by atoms with van der Waals surface area (Å²) in [6.07, 6.45) is 1.27. The van der Waals surface area contributed by atoms with E-state index >= 15 is 0 Å². The molecular weight excluding hydrogens is 120 g/mol. The third-order valence-corrected chi connectivity index (χ3v) is 1.36. The van der Waals surface area contributed by atoms with E-state index in [1.807, 2.05) is 0 Å². The van der Waals surface area contributed by atoms with Crippen LogP contribution in [-0.4, -0.2) is 29.4 Å². The number of nitrogens with two attached hydrogens (primary N) is 1. The zero-order valence-electron chi connectivity index (χ0n) is 5.26. The van der Waals surface area contributed by atoms with Crippen LogP contribution in [-0.2, 0) is 4.79 Å². The first-order chi connectivity index (χ1) is 3.79. The normalized spacial score (nSPS) is 21.2. The van der Waals surface area contributed by atoms with Crippen molar-refractivity contribution in [1.29, 1.82) is 0 Å². The van der Waals surface area contributed by atoms with Crippen LogP contribution in [0.5, 0.6) is 0 Å². The predicted octanol–water partition coefficient (Wildman–Crippen LogP) is -1.30. The van der Waals surface area contributed by atoms with Crippen LogP contribution in [0.3, 0.4) is 0 Å². The number of carbonyl (C=O) groups excluding carboxylic acids is 1. The van der Waals surface area contributed by atoms with Crippen molar-refractivity contribution in [3.63, 3.8) is 0 Å². The van der Waals surface area contributed by atoms with Gasteiger partial charge >= 0.3 is 0 Å². The minimum absolute atomic E-state index is 0. The Kier molecular flexibility index (Phi) is 3.37. The van der Waals surface area contributed by atoms with Gasteiger partial charge in [-0.15, -0.1) is 0 Å². The second kappa shape index (κ2) is 3.55. The number of carbonyl (C=O) groups is 1. The Balaban J connectivity index is 0.000000640. The van der Waals surface area contributed by atoms with E-state index in [0.717, 1.165) is 13.1 Å². The molecule has 0 aromatic rings. The highest BCUT2D eigenvalue weighted by Gasteiger charge is 2.11. The Labute approximate surface area is 53.9 Å². The SMILES string of the molecule is NN1CCC(=O)CC1.O. The molecule has 0 atom stereocenters. The number of hydrogen-bond donors (Lipinski definition) is 1. The monoisotopic (exact) mass is 132 g/mol. The molecule has 0 aromatic heterocycles. The largest absolute Gasteiger partial charge is 0.412 e. The lowest BCUT2D eigenvalue weighted by Gasteiger charge is -2.19. The molecule has 4 N–H and O–H groups in total. The lowest BCUT2D eigenvalue weighted by atomic mass is 10.1. The lowest BCUT2D eigenvalue weighted by Crippen LogP contribution is -2.38. The predicted molar refractivity (Wildman–Crippen MR) is 33.6 cm³/mol. The van der Waals surface area contributed by atoms with Crippen LogP contribution in [0, 0.1) is 0 Å². The van der Waals surface area contributed by atoms with E-state index in [2.05, 4.69) is 0 Å². The molecule has 9 heavy (non-hydrogen) atoms. The summed E-state index contributed by atoms with van der Waals surface area (Å²) in [7, 11) is 0. The van der Waals surface area contributed by atoms with Gasteiger partial charge < -0.3 is 5.48 Å². The van der Waals surface area contributed by atoms with Crippen molar-refractivity contribution >= 4 is 5.78 Å². The van der Waals surface area contributed by atoms with E-state index in [0.29, 0.717) is 18.6 Å². The van der Waals surface area contributed by atoms with E-state index < -0.39 is 0 Å². The van der Waals surface area contributed by atoms with Crippen molar-refractivity contribution in [2.75, 3.05) is 13.1 Å². The number of Topliss-reactive ketones (excluding diaryl/α,β-unsaturated/α-hetero) is 1. The minimum Gasteiger partial charge on any atom is -0.412 e. The molecule has 0 aliphatic carbocycles. The second-order valence-electron chi connectivity index (χ2n) is 2.07. The summed E-state index contributed by atoms with van der Waals surface area (Å²) in [5.74, 6) is 5.72. The van der Waals surface area contributed by atoms with Gasteiger partial charge in [-0.05, 0) is 0 Å². The standard InChI is InChI=1S/C5H10N2O.H2O/c6-7-3-1-5(8)2-4-7;/h1-4,6H2;1H2. The number of nitrogens with zero attached hydrogens (tertiary/aromatic N) is 1. The topological polar surface area (TPSA) is 77.8 Å². The van der Waals surface area contributed by atoms with Crippen LogP contribution in [0.25, 0.3) is 0 Å². The van der Waals surface area contributed by atoms with E-state index in [9.17, 15) is 4.79 Å². The highest BCUT2D eigenvalue weighted by Crippen LogP contribution is 1.99. The van der Waals surface area contributed by atoms with Crippen LogP contribution in [0.1, 0.15) is 12.8 Å². The van der Waals surface area contributed by atoms with Gasteiger partial charge in [-0.1, -0.05) is 0 Å². The highest BCUT2D eigenvalue weighted by molar-refractivity contribution is 5.79. The van der Waals surface area contributed by atoms with E-state index in [-0.39, 0.29) is 5.48 Å². The summed E-state index contributed by atoms with van der Waals surface area (Å²) < 4.78 is 0. The van der Waals surface area contributed by atoms with Crippen molar-refractivity contribution in [3.8, 4) is 0 Å². The first-order valence-electron chi connectivity index (χ1n) is 2.80. The van der Waals surface area contributed by atoms with Crippen LogP contribution >= 0.6 is 0 Å². The number of ketones is 1. The Hall–Kier alpha value is -0.450. The molecular formula is C5H12N2O2. The van der Waals surface area contributed by atoms with Crippen molar-refractivity contribution in [3.05, 3.63) is 0 Å². The maximum absolute atomic E-state index is 10.5. The van der Waals surface area contributed by atoms with Crippen molar-refractivity contribution in [2.45, 2.75) is 12.8 Å². The van der Waals surface area contributed by atoms with Gasteiger partial charge in [0.15, 0.2) is 0 Å². The minimum atomic E-state index is 0. The molecule has 1 fully saturated rings. The average Bonchev–Trinajstić information content (AvgIpc) is 1.77. The molecule has 0 bridgehead atoms. The fourth-order valence-electron chi connectivity index (χ4n) is 0.773. The van der Waals surface area contributed by atoms with Gasteiger partial charge in [-0.3, -0.25) is 10.6 Å². The first kappa shape index (κ1) is 8.55. The molecule has 0 saturated carbocycles. The number of piperidine rings is 1. The summed E-state index contributed by atoms with van der Waals surface area (Å²) in [4.78, 5) is 10.5. The fourth-order valence-corrected chi connectivity index (χ4v) is 0.773. The molecule has 4 heteroatoms. The molecule has 0 amide bonds. The Morgan fingerprint density at radius 1 is 1.33 bits per heavy atom. The summed E-state index contributed by atoms with van der Waals surface area (Å²) >= 11 is 0. The Bertz CT molecular complexity index is 95.1. The smallest absolute Gasteiger partial charge is 0.135 e. The van der Waals surface area contributed by atoms with Gasteiger partial charge in [0.2, 0.25) is 0 Å². The van der Waals surface area contributed by atoms with Gasteiger partial charge in [-0.25, -0.2) is 5.01 Å². The second-order valence-corrected chi connectivity index (χ2v) is 2.07. The quantitative estimate of drug-likeness (QED) is 0.416. The molecule has 1 aliphatic rings. The molecule has 0 aromatic carbocycles. The van der Waals surface area contributed by atoms with Crippen LogP contribution in [0.4, 0.5) is 0 Å². The van der Waals surface area contributed by atoms with Gasteiger partial charge in [0.1, 0.15) is 5.78 Å². The van der Waals surface area contributed by atoms with Gasteiger partial charge in [0.05, 0.1) is 0 Å². The molecule has 0 radical (unpaired) electrons. The number of hydrogen-bond acceptors (Lipinski definition) is 3. The Morgan fingerprint density at radius 2 is 1.78 bits per heavy atom. The third kappa shape index (κ3) is 2.55. The molecule has 1 aliphatic heterocycles. The van der Waals surface area contributed by atoms with E-state index in [1.54, 1.807) is 5.01 Å². The van der Waals surface area contributed by atoms with Crippen molar-refractivity contribution in [1.82, 2.24) is 5.01 Å². The lowest BCUT2D eigenvalue weighted by molar-refractivity contribution is -0.121. The number of hydrazine groups is 1. The average molecular weight is 132 g/mol. The van der Waals surface area contributed by atoms with Crippen LogP contribution < -0.4 is 5.84 Å². The fraction of sp³-hybridized carbons (Fsp3) is 0.800. The van der Waals surface area contributed by atoms with Gasteiger partial charge in [0, 0.05) is 25.9 Å². The summed E-state index contributed by atoms with van der Waals surface area (Å²) in [5, 5.41) is 1.68. The molecule has 4 nitrogen and oxygen atoms in total. The molecule has 1 saturated heterocycles. The molecule has 54 valence electrons. The van der Waals surface area contributed by atoms with E-state index in [1.165, 1.54) is 0 Å². The third-order valence-electron chi connectivity index (χ3n) is 1.36. The molecule has 0 spiro atoms. The summed E-state index contributed by atoms with van der Waals surface area (Å²) in [5.41, 5.74) is 0.